The molecule has 2 aliphatic heterocycles. The molecule has 27 heavy (non-hydrogen) atoms. The minimum Gasteiger partial charge on any atom is -0.494 e. The van der Waals surface area contributed by atoms with Crippen LogP contribution in [0, 0.1) is 0 Å². The molecule has 0 fully saturated rings. The Morgan fingerprint density at radius 2 is 1.48 bits per heavy atom. The predicted molar refractivity (Wildman–Crippen MR) is 112 cm³/mol. The summed E-state index contributed by atoms with van der Waals surface area (Å²) in [5.41, 5.74) is 8.88. The first-order valence-electron chi connectivity index (χ1n) is 9.49. The largest absolute Gasteiger partial charge is 0.494 e. The van der Waals surface area contributed by atoms with Crippen LogP contribution in [-0.2, 0) is 16.8 Å². The molecule has 5 rings (SSSR count). The van der Waals surface area contributed by atoms with Crippen LogP contribution in [0.15, 0.2) is 72.5 Å². The van der Waals surface area contributed by atoms with Gasteiger partial charge < -0.3 is 9.64 Å². The van der Waals surface area contributed by atoms with E-state index in [1.54, 1.807) is 0 Å². The zero-order valence-electron chi connectivity index (χ0n) is 16.0. The molecule has 0 unspecified atom stereocenters. The number of hydrogen-bond donors (Lipinski definition) is 0. The Morgan fingerprint density at radius 1 is 0.852 bits per heavy atom. The highest BCUT2D eigenvalue weighted by Gasteiger charge is 2.36. The maximum atomic E-state index is 5.68. The molecule has 0 aromatic heterocycles. The minimum absolute atomic E-state index is 0.0256. The molecule has 134 valence electrons. The van der Waals surface area contributed by atoms with Crippen LogP contribution in [0.1, 0.15) is 43.0 Å². The zero-order chi connectivity index (χ0) is 18.6. The fourth-order valence-corrected chi connectivity index (χ4v) is 4.39. The van der Waals surface area contributed by atoms with Gasteiger partial charge in [-0.1, -0.05) is 56.3 Å². The van der Waals surface area contributed by atoms with Crippen LogP contribution in [0.5, 0.6) is 0 Å². The molecule has 0 spiro atoms. The summed E-state index contributed by atoms with van der Waals surface area (Å²) in [5.74, 6) is 0.972. The van der Waals surface area contributed by atoms with Crippen molar-refractivity contribution in [1.82, 2.24) is 0 Å². The third-order valence-corrected chi connectivity index (χ3v) is 5.84. The summed E-state index contributed by atoms with van der Waals surface area (Å²) < 4.78 is 5.68. The fourth-order valence-electron chi connectivity index (χ4n) is 4.39. The van der Waals surface area contributed by atoms with Gasteiger partial charge in [-0.05, 0) is 59.5 Å². The average molecular weight is 353 g/mol. The summed E-state index contributed by atoms with van der Waals surface area (Å²) in [6.45, 7) is 7.30. The molecule has 3 aromatic rings. The lowest BCUT2D eigenvalue weighted by molar-refractivity contribution is 0.199. The number of benzene rings is 3. The second kappa shape index (κ2) is 5.75. The Balaban J connectivity index is 1.76. The summed E-state index contributed by atoms with van der Waals surface area (Å²) in [4.78, 5) is 2.40. The van der Waals surface area contributed by atoms with Crippen LogP contribution in [0.2, 0.25) is 0 Å². The summed E-state index contributed by atoms with van der Waals surface area (Å²) in [6, 6.07) is 24.2. The number of hydrogen-bond acceptors (Lipinski definition) is 2. The fraction of sp³-hybridized carbons (Fsp3) is 0.200. The first-order chi connectivity index (χ1) is 13.1. The second-order valence-corrected chi connectivity index (χ2v) is 7.92. The lowest BCUT2D eigenvalue weighted by atomic mass is 9.73. The molecule has 0 saturated heterocycles. The molecule has 0 bridgehead atoms. The highest BCUT2D eigenvalue weighted by molar-refractivity contribution is 5.86. The molecule has 0 amide bonds. The van der Waals surface area contributed by atoms with Gasteiger partial charge in [-0.2, -0.15) is 0 Å². The van der Waals surface area contributed by atoms with Crippen molar-refractivity contribution in [3.8, 4) is 0 Å². The van der Waals surface area contributed by atoms with E-state index in [-0.39, 0.29) is 5.41 Å². The molecular weight excluding hydrogens is 330 g/mol. The van der Waals surface area contributed by atoms with E-state index in [1.807, 2.05) is 6.92 Å². The van der Waals surface area contributed by atoms with Crippen molar-refractivity contribution in [2.45, 2.75) is 32.8 Å². The minimum atomic E-state index is -0.0256. The van der Waals surface area contributed by atoms with Crippen molar-refractivity contribution >= 4 is 23.1 Å². The second-order valence-electron chi connectivity index (χ2n) is 7.92. The SMILES string of the molecule is CC1=Cc2cc(N3c4ccccc4C(C)(C)c4ccccc43)ccc2CO1. The van der Waals surface area contributed by atoms with E-state index in [4.69, 9.17) is 4.74 Å². The Bertz CT molecular complexity index is 1030. The van der Waals surface area contributed by atoms with Crippen LogP contribution in [0.4, 0.5) is 17.1 Å². The highest BCUT2D eigenvalue weighted by Crippen LogP contribution is 2.51. The van der Waals surface area contributed by atoms with Crippen molar-refractivity contribution in [1.29, 1.82) is 0 Å². The molecule has 2 heterocycles. The van der Waals surface area contributed by atoms with Crippen molar-refractivity contribution in [3.05, 3.63) is 94.7 Å². The smallest absolute Gasteiger partial charge is 0.113 e. The van der Waals surface area contributed by atoms with E-state index >= 15 is 0 Å². The standard InChI is InChI=1S/C25H23NO/c1-17-14-19-15-20(13-12-18(19)16-27-17)26-23-10-6-4-8-21(23)25(2,3)22-9-5-7-11-24(22)26/h4-15H,16H2,1-3H3. The van der Waals surface area contributed by atoms with Gasteiger partial charge in [0, 0.05) is 11.1 Å². The van der Waals surface area contributed by atoms with Gasteiger partial charge in [-0.25, -0.2) is 0 Å². The van der Waals surface area contributed by atoms with E-state index in [2.05, 4.69) is 91.6 Å². The normalized spacial score (nSPS) is 16.6. The Hall–Kier alpha value is -3.00. The van der Waals surface area contributed by atoms with Gasteiger partial charge in [0.25, 0.3) is 0 Å². The predicted octanol–water partition coefficient (Wildman–Crippen LogP) is 6.69. The van der Waals surface area contributed by atoms with E-state index in [0.717, 1.165) is 5.76 Å². The van der Waals surface area contributed by atoms with Crippen molar-refractivity contribution in [2.24, 2.45) is 0 Å². The van der Waals surface area contributed by atoms with Gasteiger partial charge in [0.15, 0.2) is 0 Å². The molecule has 2 aliphatic rings. The molecular formula is C25H23NO. The Morgan fingerprint density at radius 3 is 2.15 bits per heavy atom. The van der Waals surface area contributed by atoms with E-state index in [9.17, 15) is 0 Å². The number of fused-ring (bicyclic) bond motifs is 3. The number of nitrogens with zero attached hydrogens (tertiary/aromatic N) is 1. The monoisotopic (exact) mass is 353 g/mol. The van der Waals surface area contributed by atoms with Crippen LogP contribution in [-0.4, -0.2) is 0 Å². The first kappa shape index (κ1) is 16.2. The summed E-state index contributed by atoms with van der Waals surface area (Å²) in [6.07, 6.45) is 2.13. The van der Waals surface area contributed by atoms with Crippen LogP contribution >= 0.6 is 0 Å². The van der Waals surface area contributed by atoms with Gasteiger partial charge in [-0.3, -0.25) is 0 Å². The van der Waals surface area contributed by atoms with Crippen LogP contribution in [0.25, 0.3) is 6.08 Å². The molecule has 2 heteroatoms. The van der Waals surface area contributed by atoms with Gasteiger partial charge in [0.1, 0.15) is 6.61 Å². The maximum Gasteiger partial charge on any atom is 0.113 e. The number of para-hydroxylation sites is 2. The Kier molecular flexibility index (Phi) is 3.45. The first-order valence-corrected chi connectivity index (χ1v) is 9.49. The summed E-state index contributed by atoms with van der Waals surface area (Å²) in [5, 5.41) is 0. The molecule has 0 saturated carbocycles. The van der Waals surface area contributed by atoms with Crippen LogP contribution < -0.4 is 4.90 Å². The topological polar surface area (TPSA) is 12.5 Å². The number of anilines is 3. The lowest BCUT2D eigenvalue weighted by Crippen LogP contribution is -2.30. The average Bonchev–Trinajstić information content (AvgIpc) is 2.68. The third-order valence-electron chi connectivity index (χ3n) is 5.84. The maximum absolute atomic E-state index is 5.68. The molecule has 0 radical (unpaired) electrons. The van der Waals surface area contributed by atoms with E-state index in [0.29, 0.717) is 6.61 Å². The molecule has 0 aliphatic carbocycles. The Labute approximate surface area is 160 Å². The van der Waals surface area contributed by atoms with E-state index in [1.165, 1.54) is 39.3 Å². The highest BCUT2D eigenvalue weighted by atomic mass is 16.5. The van der Waals surface area contributed by atoms with Crippen molar-refractivity contribution in [3.63, 3.8) is 0 Å². The number of rotatable bonds is 1. The van der Waals surface area contributed by atoms with E-state index < -0.39 is 0 Å². The van der Waals surface area contributed by atoms with Gasteiger partial charge in [0.2, 0.25) is 0 Å². The van der Waals surface area contributed by atoms with Gasteiger partial charge in [0.05, 0.1) is 17.1 Å². The van der Waals surface area contributed by atoms with Crippen molar-refractivity contribution in [2.75, 3.05) is 4.90 Å². The molecule has 3 aromatic carbocycles. The van der Waals surface area contributed by atoms with Gasteiger partial charge in [-0.15, -0.1) is 0 Å². The lowest BCUT2D eigenvalue weighted by Gasteiger charge is -2.42. The van der Waals surface area contributed by atoms with Gasteiger partial charge >= 0.3 is 0 Å². The molecule has 2 nitrogen and oxygen atoms in total. The molecule has 0 atom stereocenters. The summed E-state index contributed by atoms with van der Waals surface area (Å²) in [7, 11) is 0. The molecule has 0 N–H and O–H groups in total. The zero-order valence-corrected chi connectivity index (χ0v) is 16.0. The summed E-state index contributed by atoms with van der Waals surface area (Å²) >= 11 is 0. The number of allylic oxidation sites excluding steroid dienone is 1. The number of ether oxygens (including phenoxy) is 1. The quantitative estimate of drug-likeness (QED) is 0.483. The van der Waals surface area contributed by atoms with Crippen molar-refractivity contribution < 1.29 is 4.74 Å². The third kappa shape index (κ3) is 2.40. The van der Waals surface area contributed by atoms with Crippen LogP contribution in [0.3, 0.4) is 0 Å².